The molecule has 9 nitrogen and oxygen atoms in total. The predicted octanol–water partition coefficient (Wildman–Crippen LogP) is 3.14. The molecule has 0 fully saturated rings. The van der Waals surface area contributed by atoms with Gasteiger partial charge in [-0.05, 0) is 36.4 Å². The van der Waals surface area contributed by atoms with Gasteiger partial charge in [0.1, 0.15) is 12.0 Å². The Bertz CT molecular complexity index is 1070. The van der Waals surface area contributed by atoms with E-state index >= 15 is 0 Å². The number of aromatic nitrogens is 2. The molecule has 0 saturated heterocycles. The van der Waals surface area contributed by atoms with Crippen molar-refractivity contribution in [3.63, 3.8) is 0 Å². The van der Waals surface area contributed by atoms with Crippen molar-refractivity contribution in [1.82, 2.24) is 9.97 Å². The molecule has 0 atom stereocenters. The number of nitrogens with one attached hydrogen (secondary N) is 1. The van der Waals surface area contributed by atoms with Crippen molar-refractivity contribution >= 4 is 40.6 Å². The van der Waals surface area contributed by atoms with Gasteiger partial charge in [-0.3, -0.25) is 0 Å². The molecular formula is C21H21N5O4. The number of ether oxygens (including phenoxy) is 2. The van der Waals surface area contributed by atoms with Crippen molar-refractivity contribution in [2.75, 3.05) is 37.2 Å². The Morgan fingerprint density at radius 1 is 0.967 bits per heavy atom. The Hall–Kier alpha value is -4.14. The largest absolute Gasteiger partial charge is 0.465 e. The summed E-state index contributed by atoms with van der Waals surface area (Å²) >= 11 is 0. The Balaban J connectivity index is 1.90. The molecule has 0 aliphatic carbocycles. The molecule has 0 amide bonds. The van der Waals surface area contributed by atoms with E-state index in [1.807, 2.05) is 0 Å². The van der Waals surface area contributed by atoms with Crippen LogP contribution in [0.3, 0.4) is 0 Å². The first-order chi connectivity index (χ1) is 14.5. The fraction of sp³-hybridized carbons (Fsp3) is 0.143. The molecule has 154 valence electrons. The van der Waals surface area contributed by atoms with Crippen LogP contribution in [0.1, 0.15) is 20.7 Å². The summed E-state index contributed by atoms with van der Waals surface area (Å²) in [5.74, 6) is -0.0892. The van der Waals surface area contributed by atoms with Gasteiger partial charge < -0.3 is 25.4 Å². The molecule has 0 saturated carbocycles. The molecule has 0 radical (unpaired) electrons. The van der Waals surface area contributed by atoms with Crippen LogP contribution in [0.2, 0.25) is 0 Å². The van der Waals surface area contributed by atoms with E-state index in [-0.39, 0.29) is 5.69 Å². The van der Waals surface area contributed by atoms with E-state index in [4.69, 9.17) is 15.2 Å². The molecule has 3 rings (SSSR count). The Labute approximate surface area is 173 Å². The van der Waals surface area contributed by atoms with Gasteiger partial charge in [0.2, 0.25) is 0 Å². The minimum atomic E-state index is -0.464. The van der Waals surface area contributed by atoms with Crippen LogP contribution < -0.4 is 16.0 Å². The van der Waals surface area contributed by atoms with Crippen molar-refractivity contribution in [2.45, 2.75) is 0 Å². The monoisotopic (exact) mass is 407 g/mol. The van der Waals surface area contributed by atoms with E-state index in [2.05, 4.69) is 15.3 Å². The molecule has 2 aromatic carbocycles. The minimum absolute atomic E-state index is 0.289. The van der Waals surface area contributed by atoms with Gasteiger partial charge in [-0.25, -0.2) is 19.6 Å². The highest BCUT2D eigenvalue weighted by Gasteiger charge is 2.19. The summed E-state index contributed by atoms with van der Waals surface area (Å²) in [6.45, 7) is 0. The third-order valence-electron chi connectivity index (χ3n) is 4.42. The Morgan fingerprint density at radius 3 is 2.30 bits per heavy atom. The second-order valence-corrected chi connectivity index (χ2v) is 6.22. The Kier molecular flexibility index (Phi) is 6.11. The van der Waals surface area contributed by atoms with Gasteiger partial charge in [-0.2, -0.15) is 0 Å². The number of carbonyl (C=O) groups is 2. The third kappa shape index (κ3) is 4.14. The van der Waals surface area contributed by atoms with E-state index in [0.717, 1.165) is 0 Å². The molecule has 1 aromatic heterocycles. The number of hydrogen-bond acceptors (Lipinski definition) is 9. The number of esters is 2. The van der Waals surface area contributed by atoms with E-state index in [0.29, 0.717) is 34.1 Å². The summed E-state index contributed by atoms with van der Waals surface area (Å²) in [7, 11) is 4.40. The highest BCUT2D eigenvalue weighted by molar-refractivity contribution is 5.97. The molecular weight excluding hydrogens is 386 g/mol. The number of para-hydroxylation sites is 1. The van der Waals surface area contributed by atoms with Crippen LogP contribution >= 0.6 is 0 Å². The second kappa shape index (κ2) is 8.91. The van der Waals surface area contributed by atoms with Crippen LogP contribution in [0.4, 0.5) is 28.7 Å². The van der Waals surface area contributed by atoms with Gasteiger partial charge in [0.25, 0.3) is 0 Å². The number of nitrogens with zero attached hydrogens (tertiary/aromatic N) is 3. The average Bonchev–Trinajstić information content (AvgIpc) is 2.79. The summed E-state index contributed by atoms with van der Waals surface area (Å²) in [6.07, 6.45) is 1.37. The van der Waals surface area contributed by atoms with Crippen LogP contribution in [0, 0.1) is 0 Å². The van der Waals surface area contributed by atoms with Crippen LogP contribution in [0.25, 0.3) is 0 Å². The van der Waals surface area contributed by atoms with Crippen LogP contribution in [0.5, 0.6) is 0 Å². The van der Waals surface area contributed by atoms with Gasteiger partial charge >= 0.3 is 11.9 Å². The van der Waals surface area contributed by atoms with Gasteiger partial charge in [-0.1, -0.05) is 12.1 Å². The number of anilines is 5. The first-order valence-corrected chi connectivity index (χ1v) is 8.93. The van der Waals surface area contributed by atoms with Crippen molar-refractivity contribution in [2.24, 2.45) is 0 Å². The van der Waals surface area contributed by atoms with Gasteiger partial charge in [-0.15, -0.1) is 0 Å². The summed E-state index contributed by atoms with van der Waals surface area (Å²) in [5, 5.41) is 3.11. The maximum Gasteiger partial charge on any atom is 0.339 e. The van der Waals surface area contributed by atoms with Crippen LogP contribution in [0.15, 0.2) is 54.9 Å². The summed E-state index contributed by atoms with van der Waals surface area (Å²) < 4.78 is 9.55. The predicted molar refractivity (Wildman–Crippen MR) is 113 cm³/mol. The molecule has 30 heavy (non-hydrogen) atoms. The lowest BCUT2D eigenvalue weighted by atomic mass is 10.1. The van der Waals surface area contributed by atoms with Crippen molar-refractivity contribution in [1.29, 1.82) is 0 Å². The summed E-state index contributed by atoms with van der Waals surface area (Å²) in [6, 6.07) is 13.7. The van der Waals surface area contributed by atoms with Crippen molar-refractivity contribution in [3.05, 3.63) is 66.0 Å². The summed E-state index contributed by atoms with van der Waals surface area (Å²) in [4.78, 5) is 33.8. The highest BCUT2D eigenvalue weighted by atomic mass is 16.5. The second-order valence-electron chi connectivity index (χ2n) is 6.22. The topological polar surface area (TPSA) is 120 Å². The molecule has 9 heteroatoms. The SMILES string of the molecule is COC(=O)c1ccc(Nc2ncnc(N(C)c3ccccc3C(=O)OC)c2N)cc1. The molecule has 3 aromatic rings. The fourth-order valence-corrected chi connectivity index (χ4v) is 2.86. The quantitative estimate of drug-likeness (QED) is 0.594. The van der Waals surface area contributed by atoms with Gasteiger partial charge in [0.05, 0.1) is 31.0 Å². The Morgan fingerprint density at radius 2 is 1.63 bits per heavy atom. The zero-order valence-corrected chi connectivity index (χ0v) is 16.7. The number of methoxy groups -OCH3 is 2. The number of nitrogens with two attached hydrogens (primary N) is 1. The number of rotatable bonds is 6. The van der Waals surface area contributed by atoms with Gasteiger partial charge in [0.15, 0.2) is 11.6 Å². The number of nitrogen functional groups attached to an aromatic ring is 1. The molecule has 0 spiro atoms. The lowest BCUT2D eigenvalue weighted by Gasteiger charge is -2.23. The van der Waals surface area contributed by atoms with Crippen molar-refractivity contribution < 1.29 is 19.1 Å². The number of carbonyl (C=O) groups excluding carboxylic acids is 2. The molecule has 0 unspecified atom stereocenters. The van der Waals surface area contributed by atoms with E-state index in [1.165, 1.54) is 20.5 Å². The van der Waals surface area contributed by atoms with Crippen LogP contribution in [-0.4, -0.2) is 43.2 Å². The maximum absolute atomic E-state index is 12.1. The standard InChI is InChI=1S/C21H21N5O4/c1-26(16-7-5-4-6-15(16)21(28)30-3)19-17(22)18(23-12-24-19)25-14-10-8-13(9-11-14)20(27)29-2/h4-12H,22H2,1-3H3,(H,23,24,25). The van der Waals surface area contributed by atoms with E-state index in [9.17, 15) is 9.59 Å². The fourth-order valence-electron chi connectivity index (χ4n) is 2.86. The van der Waals surface area contributed by atoms with Gasteiger partial charge in [0, 0.05) is 12.7 Å². The normalized spacial score (nSPS) is 10.2. The van der Waals surface area contributed by atoms with Crippen LogP contribution in [-0.2, 0) is 9.47 Å². The lowest BCUT2D eigenvalue weighted by Crippen LogP contribution is -2.18. The average molecular weight is 407 g/mol. The molecule has 0 aliphatic rings. The first kappa shape index (κ1) is 20.6. The van der Waals surface area contributed by atoms with E-state index in [1.54, 1.807) is 60.5 Å². The molecule has 1 heterocycles. The third-order valence-corrected chi connectivity index (χ3v) is 4.42. The molecule has 0 aliphatic heterocycles. The smallest absolute Gasteiger partial charge is 0.339 e. The first-order valence-electron chi connectivity index (χ1n) is 8.93. The number of hydrogen-bond donors (Lipinski definition) is 2. The highest BCUT2D eigenvalue weighted by Crippen LogP contribution is 2.33. The summed E-state index contributed by atoms with van der Waals surface area (Å²) in [5.41, 5.74) is 8.67. The minimum Gasteiger partial charge on any atom is -0.465 e. The number of benzene rings is 2. The maximum atomic E-state index is 12.1. The zero-order chi connectivity index (χ0) is 21.7. The lowest BCUT2D eigenvalue weighted by molar-refractivity contribution is 0.0592. The van der Waals surface area contributed by atoms with Crippen molar-refractivity contribution in [3.8, 4) is 0 Å². The molecule has 3 N–H and O–H groups in total. The zero-order valence-electron chi connectivity index (χ0n) is 16.7. The van der Waals surface area contributed by atoms with E-state index < -0.39 is 11.9 Å². The molecule has 0 bridgehead atoms.